The van der Waals surface area contributed by atoms with Crippen molar-refractivity contribution >= 4 is 23.0 Å². The predicted octanol–water partition coefficient (Wildman–Crippen LogP) is 1.60. The van der Waals surface area contributed by atoms with Gasteiger partial charge in [-0.15, -0.1) is 0 Å². The molecule has 0 radical (unpaired) electrons. The average molecular weight is 191 g/mol. The molecule has 0 bridgehead atoms. The van der Waals surface area contributed by atoms with Crippen molar-refractivity contribution in [2.75, 3.05) is 6.61 Å². The molecule has 0 spiro atoms. The Morgan fingerprint density at radius 2 is 2.08 bits per heavy atom. The monoisotopic (exact) mass is 190 g/mol. The normalized spacial score (nSPS) is 8.42. The van der Waals surface area contributed by atoms with E-state index in [0.29, 0.717) is 0 Å². The lowest BCUT2D eigenvalue weighted by atomic mass is 10.6. The number of hydrogen-bond donors (Lipinski definition) is 0. The van der Waals surface area contributed by atoms with E-state index in [1.807, 2.05) is 0 Å². The van der Waals surface area contributed by atoms with Crippen LogP contribution in [0.4, 0.5) is 4.79 Å². The summed E-state index contributed by atoms with van der Waals surface area (Å²) in [6.45, 7) is 6.20. The molecule has 0 fully saturated rings. The van der Waals surface area contributed by atoms with Crippen molar-refractivity contribution in [3.8, 4) is 0 Å². The van der Waals surface area contributed by atoms with Gasteiger partial charge in [0.2, 0.25) is 0 Å². The van der Waals surface area contributed by atoms with Crippen LogP contribution in [0.3, 0.4) is 0 Å². The van der Waals surface area contributed by atoms with Crippen LogP contribution in [0.15, 0.2) is 25.0 Å². The fourth-order valence-electron chi connectivity index (χ4n) is 0.353. The van der Waals surface area contributed by atoms with Crippen LogP contribution in [0.1, 0.15) is 0 Å². The Morgan fingerprint density at radius 1 is 1.50 bits per heavy atom. The van der Waals surface area contributed by atoms with Crippen molar-refractivity contribution in [1.82, 2.24) is 0 Å². The molecule has 12 heavy (non-hydrogen) atoms. The Bertz CT molecular complexity index is 221. The molecule has 0 aromatic rings. The number of ether oxygens (including phenoxy) is 2. The minimum absolute atomic E-state index is 0.0369. The van der Waals surface area contributed by atoms with Crippen molar-refractivity contribution in [2.45, 2.75) is 0 Å². The van der Waals surface area contributed by atoms with E-state index in [1.165, 1.54) is 0 Å². The van der Waals surface area contributed by atoms with E-state index in [1.54, 1.807) is 0 Å². The highest BCUT2D eigenvalue weighted by molar-refractivity contribution is 6.61. The minimum atomic E-state index is -1.02. The molecule has 0 aliphatic rings. The molecule has 5 heteroatoms. The Labute approximate surface area is 74.4 Å². The molecule has 0 saturated carbocycles. The molecule has 0 N–H and O–H groups in total. The summed E-state index contributed by atoms with van der Waals surface area (Å²) >= 11 is 4.84. The third-order valence-corrected chi connectivity index (χ3v) is 0.844. The number of rotatable bonds is 4. The van der Waals surface area contributed by atoms with E-state index in [-0.39, 0.29) is 12.4 Å². The highest BCUT2D eigenvalue weighted by atomic mass is 35.5. The molecule has 0 amide bonds. The summed E-state index contributed by atoms with van der Waals surface area (Å²) in [6, 6.07) is 0. The van der Waals surface area contributed by atoms with Crippen LogP contribution in [0.25, 0.3) is 0 Å². The van der Waals surface area contributed by atoms with Crippen LogP contribution in [0.2, 0.25) is 0 Å². The van der Waals surface area contributed by atoms with Gasteiger partial charge in [0.05, 0.1) is 0 Å². The van der Waals surface area contributed by atoms with E-state index in [2.05, 4.69) is 22.6 Å². The lowest BCUT2D eigenvalue weighted by Crippen LogP contribution is -2.06. The minimum Gasteiger partial charge on any atom is -0.454 e. The Kier molecular flexibility index (Phi) is 4.79. The molecule has 0 aromatic carbocycles. The van der Waals surface area contributed by atoms with Gasteiger partial charge in [-0.1, -0.05) is 13.2 Å². The molecule has 0 atom stereocenters. The van der Waals surface area contributed by atoms with Crippen LogP contribution in [0.5, 0.6) is 0 Å². The van der Waals surface area contributed by atoms with Gasteiger partial charge in [0.15, 0.2) is 0 Å². The van der Waals surface area contributed by atoms with Gasteiger partial charge in [-0.05, 0) is 0 Å². The Hall–Kier alpha value is -1.29. The van der Waals surface area contributed by atoms with Gasteiger partial charge in [0, 0.05) is 17.7 Å². The molecule has 66 valence electrons. The topological polar surface area (TPSA) is 52.6 Å². The third kappa shape index (κ3) is 5.49. The van der Waals surface area contributed by atoms with Crippen molar-refractivity contribution < 1.29 is 19.1 Å². The largest absolute Gasteiger partial charge is 0.454 e. The smallest absolute Gasteiger partial charge is 0.408 e. The van der Waals surface area contributed by atoms with Gasteiger partial charge < -0.3 is 9.47 Å². The van der Waals surface area contributed by atoms with Crippen molar-refractivity contribution in [2.24, 2.45) is 0 Å². The second-order valence-electron chi connectivity index (χ2n) is 1.69. The first kappa shape index (κ1) is 10.7. The van der Waals surface area contributed by atoms with E-state index >= 15 is 0 Å². The zero-order valence-corrected chi connectivity index (χ0v) is 6.97. The van der Waals surface area contributed by atoms with Crippen molar-refractivity contribution in [3.05, 3.63) is 25.0 Å². The first-order chi connectivity index (χ1) is 5.56. The molecular formula is C7H7ClO4. The summed E-state index contributed by atoms with van der Waals surface area (Å²) in [5, 5.41) is 0. The number of halogens is 1. The number of carbonyl (C=O) groups excluding carboxylic acids is 2. The van der Waals surface area contributed by atoms with Gasteiger partial charge in [0.25, 0.3) is 0 Å². The lowest BCUT2D eigenvalue weighted by Gasteiger charge is -2.03. The van der Waals surface area contributed by atoms with E-state index in [9.17, 15) is 9.59 Å². The summed E-state index contributed by atoms with van der Waals surface area (Å²) in [5.41, 5.74) is -1.02. The summed E-state index contributed by atoms with van der Waals surface area (Å²) in [5.74, 6) is -0.660. The summed E-state index contributed by atoms with van der Waals surface area (Å²) < 4.78 is 8.73. The molecule has 0 heterocycles. The first-order valence-electron chi connectivity index (χ1n) is 2.90. The molecule has 0 aromatic heterocycles. The molecule has 0 saturated heterocycles. The van der Waals surface area contributed by atoms with Crippen LogP contribution in [0, 0.1) is 0 Å². The zero-order chi connectivity index (χ0) is 9.56. The zero-order valence-electron chi connectivity index (χ0n) is 6.21. The quantitative estimate of drug-likeness (QED) is 0.293. The average Bonchev–Trinajstić information content (AvgIpc) is 1.99. The second-order valence-corrected chi connectivity index (χ2v) is 2.00. The molecule has 4 nitrogen and oxygen atoms in total. The van der Waals surface area contributed by atoms with Crippen molar-refractivity contribution in [3.63, 3.8) is 0 Å². The Balaban J connectivity index is 3.64. The molecule has 0 unspecified atom stereocenters. The fourth-order valence-corrected chi connectivity index (χ4v) is 0.463. The second kappa shape index (κ2) is 5.37. The maximum Gasteiger partial charge on any atom is 0.408 e. The predicted molar refractivity (Wildman–Crippen MR) is 42.6 cm³/mol. The van der Waals surface area contributed by atoms with Gasteiger partial charge >= 0.3 is 11.4 Å². The summed E-state index contributed by atoms with van der Waals surface area (Å²) in [7, 11) is 0. The molecule has 0 aliphatic heterocycles. The maximum atomic E-state index is 10.4. The number of carbonyl (C=O) groups is 2. The number of hydrogen-bond acceptors (Lipinski definition) is 4. The standard InChI is InChI=1S/C7H7ClO4/c1-3-6(9)11-4-5(2)12-7(8)10/h3H,1-2,4H2. The van der Waals surface area contributed by atoms with Crippen LogP contribution >= 0.6 is 11.6 Å². The van der Waals surface area contributed by atoms with Gasteiger partial charge in [0.1, 0.15) is 12.4 Å². The van der Waals surface area contributed by atoms with E-state index in [0.717, 1.165) is 6.08 Å². The summed E-state index contributed by atoms with van der Waals surface area (Å²) in [4.78, 5) is 20.5. The van der Waals surface area contributed by atoms with E-state index < -0.39 is 11.4 Å². The fraction of sp³-hybridized carbons (Fsp3) is 0.143. The van der Waals surface area contributed by atoms with Gasteiger partial charge in [-0.2, -0.15) is 0 Å². The SMILES string of the molecule is C=CC(=O)OCC(=C)OC(=O)Cl. The first-order valence-corrected chi connectivity index (χ1v) is 3.28. The highest BCUT2D eigenvalue weighted by Crippen LogP contribution is 1.99. The molecule has 0 aliphatic carbocycles. The number of esters is 1. The summed E-state index contributed by atoms with van der Waals surface area (Å²) in [6.07, 6.45) is 0.982. The van der Waals surface area contributed by atoms with Gasteiger partial charge in [-0.3, -0.25) is 0 Å². The highest BCUT2D eigenvalue weighted by Gasteiger charge is 2.03. The van der Waals surface area contributed by atoms with Gasteiger partial charge in [-0.25, -0.2) is 9.59 Å². The van der Waals surface area contributed by atoms with Crippen LogP contribution < -0.4 is 0 Å². The van der Waals surface area contributed by atoms with Crippen LogP contribution in [-0.2, 0) is 14.3 Å². The van der Waals surface area contributed by atoms with Crippen LogP contribution in [-0.4, -0.2) is 18.0 Å². The molecular weight excluding hydrogens is 184 g/mol. The molecule has 0 rings (SSSR count). The van der Waals surface area contributed by atoms with Crippen molar-refractivity contribution in [1.29, 1.82) is 0 Å². The van der Waals surface area contributed by atoms with E-state index in [4.69, 9.17) is 11.6 Å². The Morgan fingerprint density at radius 3 is 2.50 bits per heavy atom. The third-order valence-electron chi connectivity index (χ3n) is 0.767. The maximum absolute atomic E-state index is 10.4. The lowest BCUT2D eigenvalue weighted by molar-refractivity contribution is -0.137.